The third-order valence-electron chi connectivity index (χ3n) is 6.72. The average molecular weight is 400 g/mol. The fourth-order valence-corrected chi connectivity index (χ4v) is 4.72. The van der Waals surface area contributed by atoms with Crippen LogP contribution in [0.4, 0.5) is 4.79 Å². The van der Waals surface area contributed by atoms with Gasteiger partial charge in [0.1, 0.15) is 0 Å². The highest BCUT2D eigenvalue weighted by Crippen LogP contribution is 2.38. The number of rotatable bonds is 6. The second kappa shape index (κ2) is 7.88. The van der Waals surface area contributed by atoms with E-state index in [1.807, 2.05) is 17.0 Å². The van der Waals surface area contributed by atoms with Crippen molar-refractivity contribution in [3.63, 3.8) is 0 Å². The number of piperidine rings is 1. The van der Waals surface area contributed by atoms with E-state index in [1.54, 1.807) is 7.05 Å². The number of hydrogen-bond donors (Lipinski definition) is 1. The first-order valence-electron chi connectivity index (χ1n) is 11.0. The van der Waals surface area contributed by atoms with E-state index in [0.29, 0.717) is 11.5 Å². The van der Waals surface area contributed by atoms with Crippen LogP contribution in [-0.4, -0.2) is 34.1 Å². The number of fused-ring (bicyclic) bond motifs is 1. The molecule has 2 fully saturated rings. The number of aryl methyl sites for hydroxylation is 1. The van der Waals surface area contributed by atoms with Crippen LogP contribution in [0.25, 0.3) is 11.1 Å². The molecule has 1 saturated heterocycles. The molecule has 1 N–H and O–H groups in total. The summed E-state index contributed by atoms with van der Waals surface area (Å²) in [5.74, 6) is 0.982. The van der Waals surface area contributed by atoms with Gasteiger partial charge in [0, 0.05) is 25.7 Å². The number of hydrogen-bond acceptors (Lipinski definition) is 3. The van der Waals surface area contributed by atoms with Gasteiger partial charge in [0.05, 0.1) is 5.52 Å². The summed E-state index contributed by atoms with van der Waals surface area (Å²) in [4.78, 5) is 26.5. The summed E-state index contributed by atoms with van der Waals surface area (Å²) in [7, 11) is 1.72. The number of carbonyl (C=O) groups excluding carboxylic acids is 1. The van der Waals surface area contributed by atoms with Crippen LogP contribution in [0.1, 0.15) is 70.3 Å². The molecule has 6 nitrogen and oxygen atoms in total. The van der Waals surface area contributed by atoms with Gasteiger partial charge in [-0.25, -0.2) is 9.59 Å². The number of likely N-dealkylation sites (tertiary alicyclic amines) is 1. The molecular weight excluding hydrogens is 366 g/mol. The molecular formula is C23H33N3O3. The summed E-state index contributed by atoms with van der Waals surface area (Å²) in [6.07, 6.45) is 8.22. The fraction of sp³-hybridized carbons (Fsp3) is 0.652. The molecule has 1 aromatic carbocycles. The maximum Gasteiger partial charge on any atom is 0.419 e. The number of benzene rings is 1. The first-order valence-corrected chi connectivity index (χ1v) is 11.0. The van der Waals surface area contributed by atoms with Crippen molar-refractivity contribution in [2.24, 2.45) is 13.0 Å². The lowest BCUT2D eigenvalue weighted by atomic mass is 9.79. The number of unbranched alkanes of at least 4 members (excludes halogenated alkanes) is 1. The predicted octanol–water partition coefficient (Wildman–Crippen LogP) is 4.38. The zero-order valence-electron chi connectivity index (χ0n) is 17.9. The van der Waals surface area contributed by atoms with Crippen LogP contribution in [-0.2, 0) is 7.05 Å². The maximum atomic E-state index is 12.7. The highest BCUT2D eigenvalue weighted by atomic mass is 16.4. The lowest BCUT2D eigenvalue weighted by Crippen LogP contribution is -2.55. The molecule has 4 rings (SSSR count). The standard InChI is InChI=1S/C23H33N3O3/c1-23(2)15-18(17-9-10-19-20(14-17)29-22(28)25(19)3)11-13-26(23)21(27)24-12-5-4-6-16-7-8-16/h9-10,14,16,18H,4-8,11-13,15H2,1-3H3,(H,24,27). The van der Waals surface area contributed by atoms with Crippen LogP contribution < -0.4 is 11.1 Å². The van der Waals surface area contributed by atoms with Crippen molar-refractivity contribution in [1.82, 2.24) is 14.8 Å². The molecule has 6 heteroatoms. The molecule has 0 radical (unpaired) electrons. The van der Waals surface area contributed by atoms with E-state index < -0.39 is 0 Å². The summed E-state index contributed by atoms with van der Waals surface area (Å²) in [5.41, 5.74) is 2.42. The van der Waals surface area contributed by atoms with E-state index in [1.165, 1.54) is 35.8 Å². The lowest BCUT2D eigenvalue weighted by Gasteiger charge is -2.45. The Morgan fingerprint density at radius 2 is 2.03 bits per heavy atom. The van der Waals surface area contributed by atoms with Crippen molar-refractivity contribution in [3.05, 3.63) is 34.3 Å². The van der Waals surface area contributed by atoms with Gasteiger partial charge in [0.25, 0.3) is 0 Å². The van der Waals surface area contributed by atoms with E-state index in [4.69, 9.17) is 4.42 Å². The highest BCUT2D eigenvalue weighted by molar-refractivity contribution is 5.75. The van der Waals surface area contributed by atoms with Crippen molar-refractivity contribution >= 4 is 17.1 Å². The van der Waals surface area contributed by atoms with E-state index in [9.17, 15) is 9.59 Å². The van der Waals surface area contributed by atoms with Crippen molar-refractivity contribution in [3.8, 4) is 0 Å². The number of oxazole rings is 1. The smallest absolute Gasteiger partial charge is 0.408 e. The van der Waals surface area contributed by atoms with E-state index in [2.05, 4.69) is 25.2 Å². The van der Waals surface area contributed by atoms with Crippen LogP contribution in [0.5, 0.6) is 0 Å². The Balaban J connectivity index is 1.35. The van der Waals surface area contributed by atoms with Crippen LogP contribution in [0.2, 0.25) is 0 Å². The summed E-state index contributed by atoms with van der Waals surface area (Å²) < 4.78 is 6.89. The first-order chi connectivity index (χ1) is 13.8. The normalized spacial score (nSPS) is 21.5. The third-order valence-corrected chi connectivity index (χ3v) is 6.72. The van der Waals surface area contributed by atoms with Gasteiger partial charge in [-0.3, -0.25) is 4.57 Å². The van der Waals surface area contributed by atoms with Crippen LogP contribution in [0.15, 0.2) is 27.4 Å². The number of aromatic nitrogens is 1. The fourth-order valence-electron chi connectivity index (χ4n) is 4.72. The molecule has 1 unspecified atom stereocenters. The maximum absolute atomic E-state index is 12.7. The largest absolute Gasteiger partial charge is 0.419 e. The molecule has 1 aromatic heterocycles. The number of carbonyl (C=O) groups is 1. The highest BCUT2D eigenvalue weighted by Gasteiger charge is 2.38. The molecule has 0 spiro atoms. The summed E-state index contributed by atoms with van der Waals surface area (Å²) in [6, 6.07) is 6.11. The zero-order valence-corrected chi connectivity index (χ0v) is 17.9. The Morgan fingerprint density at radius 3 is 2.76 bits per heavy atom. The lowest BCUT2D eigenvalue weighted by molar-refractivity contribution is 0.0924. The molecule has 1 atom stereocenters. The quantitative estimate of drug-likeness (QED) is 0.733. The first kappa shape index (κ1) is 20.0. The topological polar surface area (TPSA) is 67.5 Å². The van der Waals surface area contributed by atoms with Crippen LogP contribution >= 0.6 is 0 Å². The molecule has 2 amide bonds. The summed E-state index contributed by atoms with van der Waals surface area (Å²) in [6.45, 7) is 5.80. The van der Waals surface area contributed by atoms with Gasteiger partial charge in [-0.2, -0.15) is 0 Å². The summed E-state index contributed by atoms with van der Waals surface area (Å²) >= 11 is 0. The van der Waals surface area contributed by atoms with Crippen LogP contribution in [0, 0.1) is 5.92 Å². The molecule has 2 aliphatic rings. The number of nitrogens with zero attached hydrogens (tertiary/aromatic N) is 2. The second-order valence-corrected chi connectivity index (χ2v) is 9.48. The third kappa shape index (κ3) is 4.36. The van der Waals surface area contributed by atoms with E-state index >= 15 is 0 Å². The van der Waals surface area contributed by atoms with E-state index in [0.717, 1.165) is 43.8 Å². The van der Waals surface area contributed by atoms with Crippen molar-refractivity contribution in [1.29, 1.82) is 0 Å². The Morgan fingerprint density at radius 1 is 1.24 bits per heavy atom. The number of urea groups is 1. The molecule has 158 valence electrons. The minimum atomic E-state index is -0.332. The molecule has 0 bridgehead atoms. The monoisotopic (exact) mass is 399 g/mol. The van der Waals surface area contributed by atoms with Gasteiger partial charge in [-0.15, -0.1) is 0 Å². The number of amides is 2. The van der Waals surface area contributed by atoms with Gasteiger partial charge in [-0.05, 0) is 62.6 Å². The van der Waals surface area contributed by atoms with Gasteiger partial charge >= 0.3 is 11.8 Å². The van der Waals surface area contributed by atoms with Crippen molar-refractivity contribution in [2.75, 3.05) is 13.1 Å². The van der Waals surface area contributed by atoms with Gasteiger partial charge in [-0.1, -0.05) is 31.7 Å². The van der Waals surface area contributed by atoms with Gasteiger partial charge in [0.2, 0.25) is 0 Å². The predicted molar refractivity (Wildman–Crippen MR) is 114 cm³/mol. The molecule has 29 heavy (non-hydrogen) atoms. The average Bonchev–Trinajstić information content (AvgIpc) is 3.45. The van der Waals surface area contributed by atoms with Gasteiger partial charge < -0.3 is 14.6 Å². The Labute approximate surface area is 172 Å². The zero-order chi connectivity index (χ0) is 20.6. The molecule has 2 heterocycles. The molecule has 1 saturated carbocycles. The molecule has 2 aromatic rings. The molecule has 1 aliphatic carbocycles. The van der Waals surface area contributed by atoms with Gasteiger partial charge in [0.15, 0.2) is 5.58 Å². The van der Waals surface area contributed by atoms with E-state index in [-0.39, 0.29) is 17.3 Å². The minimum absolute atomic E-state index is 0.0596. The Hall–Kier alpha value is -2.24. The second-order valence-electron chi connectivity index (χ2n) is 9.48. The Kier molecular flexibility index (Phi) is 5.45. The SMILES string of the molecule is Cn1c(=O)oc2cc(C3CCN(C(=O)NCCCCC4CC4)C(C)(C)C3)ccc21. The van der Waals surface area contributed by atoms with Crippen molar-refractivity contribution < 1.29 is 9.21 Å². The van der Waals surface area contributed by atoms with Crippen LogP contribution in [0.3, 0.4) is 0 Å². The number of nitrogens with one attached hydrogen (secondary N) is 1. The summed E-state index contributed by atoms with van der Waals surface area (Å²) in [5, 5.41) is 3.12. The molecule has 1 aliphatic heterocycles. The van der Waals surface area contributed by atoms with Crippen molar-refractivity contribution in [2.45, 2.75) is 70.3 Å². The minimum Gasteiger partial charge on any atom is -0.408 e. The Bertz CT molecular complexity index is 938.